The second kappa shape index (κ2) is 11.6. The number of amides is 3. The molecule has 0 bridgehead atoms. The molecule has 1 heterocycles. The fraction of sp³-hybridized carbons (Fsp3) is 0.222. The molecule has 3 aromatic rings. The second-order valence-electron chi connectivity index (χ2n) is 8.69. The number of para-hydroxylation sites is 1. The van der Waals surface area contributed by atoms with Gasteiger partial charge < -0.3 is 10.2 Å². The summed E-state index contributed by atoms with van der Waals surface area (Å²) in [6, 6.07) is 23.6. The van der Waals surface area contributed by atoms with Crippen molar-refractivity contribution in [2.45, 2.75) is 17.7 Å². The van der Waals surface area contributed by atoms with Crippen LogP contribution in [0, 0.1) is 5.92 Å². The smallest absolute Gasteiger partial charge is 0.266 e. The van der Waals surface area contributed by atoms with Crippen LogP contribution in [0.15, 0.2) is 89.8 Å². The average molecular weight is 540 g/mol. The topological polar surface area (TPSA) is 104 Å². The molecule has 192 valence electrons. The van der Waals surface area contributed by atoms with Gasteiger partial charge in [0.25, 0.3) is 10.0 Å². The van der Waals surface area contributed by atoms with Crippen molar-refractivity contribution in [3.63, 3.8) is 0 Å². The maximum absolute atomic E-state index is 13.6. The summed E-state index contributed by atoms with van der Waals surface area (Å²) in [5.74, 6) is -2.31. The zero-order valence-electron chi connectivity index (χ0n) is 19.9. The number of anilines is 1. The Bertz CT molecular complexity index is 1370. The first-order chi connectivity index (χ1) is 17.7. The molecule has 3 aromatic carbocycles. The first-order valence-electron chi connectivity index (χ1n) is 11.7. The molecule has 1 atom stereocenters. The maximum Gasteiger partial charge on any atom is 0.266 e. The van der Waals surface area contributed by atoms with Gasteiger partial charge in [0.2, 0.25) is 17.7 Å². The predicted molar refractivity (Wildman–Crippen MR) is 140 cm³/mol. The molecule has 0 saturated carbocycles. The molecule has 4 rings (SSSR count). The van der Waals surface area contributed by atoms with E-state index in [1.807, 2.05) is 36.4 Å². The molecule has 1 N–H and O–H groups in total. The van der Waals surface area contributed by atoms with E-state index in [1.54, 1.807) is 24.3 Å². The zero-order chi connectivity index (χ0) is 26.4. The number of halogens is 1. The summed E-state index contributed by atoms with van der Waals surface area (Å²) < 4.78 is 27.5. The molecule has 10 heteroatoms. The van der Waals surface area contributed by atoms with Gasteiger partial charge in [0.1, 0.15) is 6.54 Å². The predicted octanol–water partition coefficient (Wildman–Crippen LogP) is 3.59. The molecule has 0 aromatic heterocycles. The number of hydrogen-bond acceptors (Lipinski definition) is 5. The van der Waals surface area contributed by atoms with E-state index in [0.29, 0.717) is 15.0 Å². The fourth-order valence-electron chi connectivity index (χ4n) is 4.14. The minimum atomic E-state index is -4.31. The highest BCUT2D eigenvalue weighted by Crippen LogP contribution is 2.25. The Morgan fingerprint density at radius 1 is 0.919 bits per heavy atom. The van der Waals surface area contributed by atoms with Crippen molar-refractivity contribution in [2.24, 2.45) is 5.92 Å². The van der Waals surface area contributed by atoms with Crippen LogP contribution in [0.25, 0.3) is 0 Å². The number of carbonyl (C=O) groups is 3. The van der Waals surface area contributed by atoms with Gasteiger partial charge in [0.05, 0.1) is 10.8 Å². The highest BCUT2D eigenvalue weighted by Gasteiger charge is 2.40. The van der Waals surface area contributed by atoms with Crippen molar-refractivity contribution in [3.8, 4) is 0 Å². The van der Waals surface area contributed by atoms with Crippen LogP contribution in [0.4, 0.5) is 5.69 Å². The third kappa shape index (κ3) is 6.55. The number of sulfonamides is 1. The van der Waals surface area contributed by atoms with Crippen molar-refractivity contribution in [2.75, 3.05) is 25.0 Å². The maximum atomic E-state index is 13.6. The van der Waals surface area contributed by atoms with Crippen LogP contribution in [0.2, 0.25) is 5.02 Å². The SMILES string of the molecule is O=C(CCN1CC(Cc2ccccc2)C(=O)N(S(=O)(=O)c2ccc(Cl)cc2)CC1=O)Nc1ccccc1. The summed E-state index contributed by atoms with van der Waals surface area (Å²) in [7, 11) is -4.31. The lowest BCUT2D eigenvalue weighted by molar-refractivity contribution is -0.133. The number of nitrogens with zero attached hydrogens (tertiary/aromatic N) is 2. The Balaban J connectivity index is 1.57. The molecular weight excluding hydrogens is 514 g/mol. The molecule has 1 unspecified atom stereocenters. The van der Waals surface area contributed by atoms with E-state index in [4.69, 9.17) is 11.6 Å². The molecule has 0 radical (unpaired) electrons. The Hall–Kier alpha value is -3.69. The van der Waals surface area contributed by atoms with Gasteiger partial charge in [-0.25, -0.2) is 12.7 Å². The molecule has 1 aliphatic rings. The van der Waals surface area contributed by atoms with Gasteiger partial charge in [-0.15, -0.1) is 0 Å². The lowest BCUT2D eigenvalue weighted by Gasteiger charge is -2.23. The summed E-state index contributed by atoms with van der Waals surface area (Å²) >= 11 is 5.90. The third-order valence-electron chi connectivity index (χ3n) is 6.06. The molecule has 1 fully saturated rings. The van der Waals surface area contributed by atoms with Crippen LogP contribution < -0.4 is 5.32 Å². The summed E-state index contributed by atoms with van der Waals surface area (Å²) in [6.07, 6.45) is 0.239. The van der Waals surface area contributed by atoms with E-state index in [-0.39, 0.29) is 36.7 Å². The van der Waals surface area contributed by atoms with E-state index in [1.165, 1.54) is 29.2 Å². The van der Waals surface area contributed by atoms with Crippen molar-refractivity contribution in [1.82, 2.24) is 9.21 Å². The third-order valence-corrected chi connectivity index (χ3v) is 8.07. The van der Waals surface area contributed by atoms with Gasteiger partial charge >= 0.3 is 0 Å². The standard InChI is InChI=1S/C27H26ClN3O5S/c28-22-11-13-24(14-12-22)37(35,36)31-19-26(33)30(16-15-25(32)29-23-9-5-2-6-10-23)18-21(27(31)34)17-20-7-3-1-4-8-20/h1-14,21H,15-19H2,(H,29,32). The first-order valence-corrected chi connectivity index (χ1v) is 13.5. The van der Waals surface area contributed by atoms with E-state index >= 15 is 0 Å². The molecule has 0 spiro atoms. The minimum Gasteiger partial charge on any atom is -0.340 e. The Labute approximate surface area is 220 Å². The largest absolute Gasteiger partial charge is 0.340 e. The van der Waals surface area contributed by atoms with Crippen LogP contribution in [-0.2, 0) is 30.8 Å². The number of hydrogen-bond donors (Lipinski definition) is 1. The molecule has 3 amide bonds. The lowest BCUT2D eigenvalue weighted by Crippen LogP contribution is -2.42. The quantitative estimate of drug-likeness (QED) is 0.471. The molecule has 1 saturated heterocycles. The summed E-state index contributed by atoms with van der Waals surface area (Å²) in [6.45, 7) is -0.599. The molecule has 0 aliphatic carbocycles. The van der Waals surface area contributed by atoms with Crippen LogP contribution in [0.3, 0.4) is 0 Å². The zero-order valence-corrected chi connectivity index (χ0v) is 21.5. The minimum absolute atomic E-state index is 0.00217. The Morgan fingerprint density at radius 2 is 1.54 bits per heavy atom. The summed E-state index contributed by atoms with van der Waals surface area (Å²) in [5, 5.41) is 3.12. The van der Waals surface area contributed by atoms with E-state index in [9.17, 15) is 22.8 Å². The number of benzene rings is 3. The highest BCUT2D eigenvalue weighted by atomic mass is 35.5. The van der Waals surface area contributed by atoms with Gasteiger partial charge in [-0.1, -0.05) is 60.1 Å². The van der Waals surface area contributed by atoms with Gasteiger partial charge in [-0.2, -0.15) is 0 Å². The molecule has 8 nitrogen and oxygen atoms in total. The average Bonchev–Trinajstić information content (AvgIpc) is 3.01. The first kappa shape index (κ1) is 26.4. The van der Waals surface area contributed by atoms with E-state index < -0.39 is 34.3 Å². The van der Waals surface area contributed by atoms with Gasteiger partial charge in [-0.05, 0) is 48.4 Å². The van der Waals surface area contributed by atoms with Crippen molar-refractivity contribution < 1.29 is 22.8 Å². The second-order valence-corrected chi connectivity index (χ2v) is 11.0. The molecular formula is C27H26ClN3O5S. The van der Waals surface area contributed by atoms with Gasteiger partial charge in [0, 0.05) is 30.2 Å². The fourth-order valence-corrected chi connectivity index (χ4v) is 5.66. The monoisotopic (exact) mass is 539 g/mol. The number of rotatable bonds is 8. The highest BCUT2D eigenvalue weighted by molar-refractivity contribution is 7.89. The molecule has 1 aliphatic heterocycles. The Kier molecular flexibility index (Phi) is 8.25. The lowest BCUT2D eigenvalue weighted by atomic mass is 9.98. The van der Waals surface area contributed by atoms with Crippen molar-refractivity contribution in [1.29, 1.82) is 0 Å². The van der Waals surface area contributed by atoms with Gasteiger partial charge in [0.15, 0.2) is 0 Å². The van der Waals surface area contributed by atoms with Crippen LogP contribution in [0.1, 0.15) is 12.0 Å². The van der Waals surface area contributed by atoms with Gasteiger partial charge in [-0.3, -0.25) is 14.4 Å². The summed E-state index contributed by atoms with van der Waals surface area (Å²) in [4.78, 5) is 40.5. The normalized spacial score (nSPS) is 16.4. The van der Waals surface area contributed by atoms with Crippen LogP contribution in [0.5, 0.6) is 0 Å². The van der Waals surface area contributed by atoms with Crippen molar-refractivity contribution >= 4 is 45.0 Å². The van der Waals surface area contributed by atoms with Crippen LogP contribution >= 0.6 is 11.6 Å². The molecule has 37 heavy (non-hydrogen) atoms. The number of nitrogens with one attached hydrogen (secondary N) is 1. The summed E-state index contributed by atoms with van der Waals surface area (Å²) in [5.41, 5.74) is 1.47. The van der Waals surface area contributed by atoms with Crippen molar-refractivity contribution in [3.05, 3.63) is 95.5 Å². The Morgan fingerprint density at radius 3 is 2.19 bits per heavy atom. The van der Waals surface area contributed by atoms with Crippen LogP contribution in [-0.4, -0.2) is 55.0 Å². The van der Waals surface area contributed by atoms with E-state index in [0.717, 1.165) is 5.56 Å². The number of carbonyl (C=O) groups excluding carboxylic acids is 3. The van der Waals surface area contributed by atoms with E-state index in [2.05, 4.69) is 5.32 Å².